The summed E-state index contributed by atoms with van der Waals surface area (Å²) in [7, 11) is -2.08. The van der Waals surface area contributed by atoms with E-state index in [1.807, 2.05) is 0 Å². The van der Waals surface area contributed by atoms with E-state index in [1.165, 1.54) is 7.11 Å². The average Bonchev–Trinajstić information content (AvgIpc) is 2.25. The van der Waals surface area contributed by atoms with Crippen LogP contribution in [0.3, 0.4) is 0 Å². The van der Waals surface area contributed by atoms with Gasteiger partial charge >= 0.3 is 5.97 Å². The van der Waals surface area contributed by atoms with Gasteiger partial charge in [-0.25, -0.2) is 0 Å². The van der Waals surface area contributed by atoms with Crippen molar-refractivity contribution in [1.29, 1.82) is 0 Å². The Bertz CT molecular complexity index is 335. The summed E-state index contributed by atoms with van der Waals surface area (Å²) in [4.78, 5) is 11.5. The lowest BCUT2D eigenvalue weighted by Gasteiger charge is -2.28. The maximum Gasteiger partial charge on any atom is 0.309 e. The first-order chi connectivity index (χ1) is 7.44. The first kappa shape index (κ1) is 13.4. The van der Waals surface area contributed by atoms with Crippen molar-refractivity contribution in [2.45, 2.75) is 25.7 Å². The Morgan fingerprint density at radius 2 is 1.94 bits per heavy atom. The molecule has 94 valence electrons. The van der Waals surface area contributed by atoms with Gasteiger partial charge in [0.25, 0.3) is 10.1 Å². The van der Waals surface area contributed by atoms with E-state index in [0.717, 1.165) is 31.9 Å². The number of methoxy groups -OCH3 is 1. The van der Waals surface area contributed by atoms with Crippen molar-refractivity contribution in [3.8, 4) is 0 Å². The Kier molecular flexibility index (Phi) is 4.73. The molecule has 1 fully saturated rings. The molecule has 0 saturated heterocycles. The highest BCUT2D eigenvalue weighted by molar-refractivity contribution is 7.85. The van der Waals surface area contributed by atoms with E-state index in [2.05, 4.69) is 0 Å². The molecule has 1 aliphatic rings. The standard InChI is InChI=1S/C10H18O5S/c1-14-10(11)9-6-4-3-5-8(9)7-15-16(2,12)13/h8-9H,3-7H2,1-2H3/t8-,9?/m1/s1. The smallest absolute Gasteiger partial charge is 0.309 e. The van der Waals surface area contributed by atoms with E-state index < -0.39 is 10.1 Å². The highest BCUT2D eigenvalue weighted by atomic mass is 32.2. The number of carbonyl (C=O) groups is 1. The molecule has 0 bridgehead atoms. The molecule has 16 heavy (non-hydrogen) atoms. The van der Waals surface area contributed by atoms with Crippen molar-refractivity contribution < 1.29 is 22.1 Å². The summed E-state index contributed by atoms with van der Waals surface area (Å²) in [5.74, 6) is -0.529. The van der Waals surface area contributed by atoms with Gasteiger partial charge < -0.3 is 4.74 Å². The predicted octanol–water partition coefficient (Wildman–Crippen LogP) is 0.942. The summed E-state index contributed by atoms with van der Waals surface area (Å²) >= 11 is 0. The number of carbonyl (C=O) groups excluding carboxylic acids is 1. The number of rotatable bonds is 4. The van der Waals surface area contributed by atoms with Gasteiger partial charge in [-0.15, -0.1) is 0 Å². The van der Waals surface area contributed by atoms with Crippen molar-refractivity contribution in [2.24, 2.45) is 11.8 Å². The van der Waals surface area contributed by atoms with Crippen LogP contribution < -0.4 is 0 Å². The SMILES string of the molecule is COC(=O)C1CCCC[C@@H]1COS(C)(=O)=O. The van der Waals surface area contributed by atoms with Crippen LogP contribution in [0.15, 0.2) is 0 Å². The zero-order valence-corrected chi connectivity index (χ0v) is 10.5. The van der Waals surface area contributed by atoms with Crippen LogP contribution in [-0.2, 0) is 23.8 Å². The lowest BCUT2D eigenvalue weighted by molar-refractivity contribution is -0.149. The monoisotopic (exact) mass is 250 g/mol. The molecule has 1 saturated carbocycles. The van der Waals surface area contributed by atoms with Gasteiger partial charge in [0.2, 0.25) is 0 Å². The predicted molar refractivity (Wildman–Crippen MR) is 58.3 cm³/mol. The van der Waals surface area contributed by atoms with Crippen LogP contribution in [-0.4, -0.2) is 34.4 Å². The fourth-order valence-corrected chi connectivity index (χ4v) is 2.50. The molecule has 0 amide bonds. The molecular formula is C10H18O5S. The molecule has 0 aliphatic heterocycles. The van der Waals surface area contributed by atoms with Gasteiger partial charge in [0.1, 0.15) is 0 Å². The Labute approximate surface area is 96.2 Å². The molecule has 0 aromatic heterocycles. The van der Waals surface area contributed by atoms with Crippen LogP contribution in [0.5, 0.6) is 0 Å². The largest absolute Gasteiger partial charge is 0.469 e. The van der Waals surface area contributed by atoms with Crippen LogP contribution in [0.1, 0.15) is 25.7 Å². The van der Waals surface area contributed by atoms with Crippen LogP contribution >= 0.6 is 0 Å². The molecule has 0 spiro atoms. The first-order valence-electron chi connectivity index (χ1n) is 5.36. The molecule has 0 aromatic rings. The van der Waals surface area contributed by atoms with Crippen LogP contribution in [0.25, 0.3) is 0 Å². The maximum absolute atomic E-state index is 11.5. The Morgan fingerprint density at radius 3 is 2.50 bits per heavy atom. The first-order valence-corrected chi connectivity index (χ1v) is 7.18. The highest BCUT2D eigenvalue weighted by Crippen LogP contribution is 2.31. The number of hydrogen-bond donors (Lipinski definition) is 0. The Morgan fingerprint density at radius 1 is 1.31 bits per heavy atom. The van der Waals surface area contributed by atoms with Crippen molar-refractivity contribution in [3.05, 3.63) is 0 Å². The van der Waals surface area contributed by atoms with Gasteiger partial charge in [0.15, 0.2) is 0 Å². The summed E-state index contributed by atoms with van der Waals surface area (Å²) in [5.41, 5.74) is 0. The van der Waals surface area contributed by atoms with Crippen molar-refractivity contribution in [1.82, 2.24) is 0 Å². The molecular weight excluding hydrogens is 232 g/mol. The second kappa shape index (κ2) is 5.63. The topological polar surface area (TPSA) is 69.7 Å². The number of esters is 1. The fourth-order valence-electron chi connectivity index (χ4n) is 2.08. The molecule has 1 rings (SSSR count). The summed E-state index contributed by atoms with van der Waals surface area (Å²) in [5, 5.41) is 0. The normalized spacial score (nSPS) is 26.4. The Hall–Kier alpha value is -0.620. The third-order valence-electron chi connectivity index (χ3n) is 2.91. The average molecular weight is 250 g/mol. The third-order valence-corrected chi connectivity index (χ3v) is 3.47. The van der Waals surface area contributed by atoms with E-state index in [4.69, 9.17) is 8.92 Å². The fraction of sp³-hybridized carbons (Fsp3) is 0.900. The zero-order chi connectivity index (χ0) is 12.2. The van der Waals surface area contributed by atoms with Crippen LogP contribution in [0, 0.1) is 11.8 Å². The van der Waals surface area contributed by atoms with Gasteiger partial charge in [-0.05, 0) is 18.8 Å². The lowest BCUT2D eigenvalue weighted by atomic mass is 9.80. The van der Waals surface area contributed by atoms with E-state index in [1.54, 1.807) is 0 Å². The Balaban J connectivity index is 2.57. The summed E-state index contributed by atoms with van der Waals surface area (Å²) < 4.78 is 31.2. The van der Waals surface area contributed by atoms with E-state index >= 15 is 0 Å². The summed E-state index contributed by atoms with van der Waals surface area (Å²) in [6.45, 7) is 0.0819. The molecule has 6 heteroatoms. The van der Waals surface area contributed by atoms with Crippen LogP contribution in [0.4, 0.5) is 0 Å². The highest BCUT2D eigenvalue weighted by Gasteiger charge is 2.32. The minimum atomic E-state index is -3.43. The number of ether oxygens (including phenoxy) is 1. The minimum Gasteiger partial charge on any atom is -0.469 e. The second-order valence-electron chi connectivity index (χ2n) is 4.16. The van der Waals surface area contributed by atoms with E-state index in [0.29, 0.717) is 0 Å². The van der Waals surface area contributed by atoms with Gasteiger partial charge in [0, 0.05) is 0 Å². The quantitative estimate of drug-likeness (QED) is 0.548. The lowest BCUT2D eigenvalue weighted by Crippen LogP contribution is -2.31. The van der Waals surface area contributed by atoms with Crippen LogP contribution in [0.2, 0.25) is 0 Å². The molecule has 0 radical (unpaired) electrons. The third kappa shape index (κ3) is 4.09. The second-order valence-corrected chi connectivity index (χ2v) is 5.81. The van der Waals surface area contributed by atoms with Crippen molar-refractivity contribution >= 4 is 16.1 Å². The minimum absolute atomic E-state index is 0.0454. The molecule has 0 aromatic carbocycles. The summed E-state index contributed by atoms with van der Waals surface area (Å²) in [6, 6.07) is 0. The van der Waals surface area contributed by atoms with Gasteiger partial charge in [-0.1, -0.05) is 12.8 Å². The van der Waals surface area contributed by atoms with Gasteiger partial charge in [0.05, 0.1) is 25.9 Å². The van der Waals surface area contributed by atoms with Crippen molar-refractivity contribution in [2.75, 3.05) is 20.0 Å². The molecule has 0 heterocycles. The van der Waals surface area contributed by atoms with E-state index in [9.17, 15) is 13.2 Å². The molecule has 2 atom stereocenters. The van der Waals surface area contributed by atoms with Crippen molar-refractivity contribution in [3.63, 3.8) is 0 Å². The number of hydrogen-bond acceptors (Lipinski definition) is 5. The van der Waals surface area contributed by atoms with Gasteiger partial charge in [-0.2, -0.15) is 8.42 Å². The zero-order valence-electron chi connectivity index (χ0n) is 9.64. The maximum atomic E-state index is 11.5. The van der Waals surface area contributed by atoms with Gasteiger partial charge in [-0.3, -0.25) is 8.98 Å². The summed E-state index contributed by atoms with van der Waals surface area (Å²) in [6.07, 6.45) is 4.57. The molecule has 1 unspecified atom stereocenters. The molecule has 5 nitrogen and oxygen atoms in total. The molecule has 1 aliphatic carbocycles. The van der Waals surface area contributed by atoms with E-state index in [-0.39, 0.29) is 24.4 Å². The molecule has 0 N–H and O–H groups in total.